The molecule has 0 heterocycles. The summed E-state index contributed by atoms with van der Waals surface area (Å²) >= 11 is 0. The summed E-state index contributed by atoms with van der Waals surface area (Å²) in [5.74, 6) is 1.86. The molecule has 0 aromatic rings. The van der Waals surface area contributed by atoms with Gasteiger partial charge in [0.15, 0.2) is 0 Å². The number of hydrogen-bond acceptors (Lipinski definition) is 2. The molecule has 0 radical (unpaired) electrons. The summed E-state index contributed by atoms with van der Waals surface area (Å²) in [7, 11) is 1.77. The van der Waals surface area contributed by atoms with Gasteiger partial charge in [-0.2, -0.15) is 0 Å². The molecule has 1 aliphatic rings. The lowest BCUT2D eigenvalue weighted by Gasteiger charge is -2.25. The normalized spacial score (nSPS) is 20.6. The van der Waals surface area contributed by atoms with E-state index in [1.54, 1.807) is 7.11 Å². The van der Waals surface area contributed by atoms with Crippen LogP contribution in [0.2, 0.25) is 0 Å². The summed E-state index contributed by atoms with van der Waals surface area (Å²) in [4.78, 5) is 0. The van der Waals surface area contributed by atoms with Crippen molar-refractivity contribution in [3.05, 3.63) is 0 Å². The Morgan fingerprint density at radius 1 is 1.19 bits per heavy atom. The van der Waals surface area contributed by atoms with Crippen LogP contribution in [-0.4, -0.2) is 26.8 Å². The maximum atomic E-state index is 5.06. The smallest absolute Gasteiger partial charge is 0.0587 e. The van der Waals surface area contributed by atoms with Gasteiger partial charge in [-0.15, -0.1) is 0 Å². The van der Waals surface area contributed by atoms with Crippen molar-refractivity contribution in [2.24, 2.45) is 11.8 Å². The van der Waals surface area contributed by atoms with Crippen LogP contribution in [0.1, 0.15) is 51.9 Å². The number of rotatable bonds is 7. The van der Waals surface area contributed by atoms with E-state index in [0.717, 1.165) is 25.0 Å². The predicted molar refractivity (Wildman–Crippen MR) is 69.7 cm³/mol. The number of ether oxygens (including phenoxy) is 1. The maximum absolute atomic E-state index is 5.06. The van der Waals surface area contributed by atoms with E-state index in [9.17, 15) is 0 Å². The average molecular weight is 227 g/mol. The molecule has 0 bridgehead atoms. The molecule has 1 unspecified atom stereocenters. The largest absolute Gasteiger partial charge is 0.383 e. The van der Waals surface area contributed by atoms with Crippen LogP contribution in [0.5, 0.6) is 0 Å². The molecule has 0 aromatic carbocycles. The molecule has 1 atom stereocenters. The zero-order valence-electron chi connectivity index (χ0n) is 11.1. The van der Waals surface area contributed by atoms with Crippen molar-refractivity contribution < 1.29 is 4.74 Å². The van der Waals surface area contributed by atoms with Crippen LogP contribution in [0.25, 0.3) is 0 Å². The van der Waals surface area contributed by atoms with Gasteiger partial charge in [-0.25, -0.2) is 0 Å². The van der Waals surface area contributed by atoms with Gasteiger partial charge in [0.25, 0.3) is 0 Å². The Labute approximate surface area is 101 Å². The minimum Gasteiger partial charge on any atom is -0.383 e. The SMILES string of the molecule is CCC(CNCCOC)C1CCCCCC1. The van der Waals surface area contributed by atoms with Gasteiger partial charge in [-0.1, -0.05) is 51.9 Å². The van der Waals surface area contributed by atoms with Crippen molar-refractivity contribution >= 4 is 0 Å². The van der Waals surface area contributed by atoms with E-state index >= 15 is 0 Å². The third-order valence-electron chi connectivity index (χ3n) is 3.98. The third kappa shape index (κ3) is 5.31. The topological polar surface area (TPSA) is 21.3 Å². The molecule has 0 spiro atoms. The Morgan fingerprint density at radius 2 is 1.88 bits per heavy atom. The van der Waals surface area contributed by atoms with Crippen LogP contribution >= 0.6 is 0 Å². The third-order valence-corrected chi connectivity index (χ3v) is 3.98. The first-order valence-electron chi connectivity index (χ1n) is 7.08. The second-order valence-electron chi connectivity index (χ2n) is 5.12. The molecule has 1 fully saturated rings. The highest BCUT2D eigenvalue weighted by atomic mass is 16.5. The van der Waals surface area contributed by atoms with E-state index in [1.807, 2.05) is 0 Å². The Hall–Kier alpha value is -0.0800. The summed E-state index contributed by atoms with van der Waals surface area (Å²) < 4.78 is 5.06. The van der Waals surface area contributed by atoms with E-state index in [2.05, 4.69) is 12.2 Å². The van der Waals surface area contributed by atoms with Crippen LogP contribution in [0.3, 0.4) is 0 Å². The second kappa shape index (κ2) is 9.00. The van der Waals surface area contributed by atoms with Gasteiger partial charge in [-0.3, -0.25) is 0 Å². The maximum Gasteiger partial charge on any atom is 0.0587 e. The first-order chi connectivity index (χ1) is 7.88. The van der Waals surface area contributed by atoms with Crippen molar-refractivity contribution in [2.75, 3.05) is 26.8 Å². The number of nitrogens with one attached hydrogen (secondary N) is 1. The molecule has 1 N–H and O–H groups in total. The summed E-state index contributed by atoms with van der Waals surface area (Å²) in [6.45, 7) is 5.36. The lowest BCUT2D eigenvalue weighted by molar-refractivity contribution is 0.193. The van der Waals surface area contributed by atoms with Gasteiger partial charge in [-0.05, 0) is 18.4 Å². The van der Waals surface area contributed by atoms with Crippen molar-refractivity contribution in [1.82, 2.24) is 5.32 Å². The lowest BCUT2D eigenvalue weighted by Crippen LogP contribution is -2.30. The molecule has 0 aliphatic heterocycles. The molecule has 0 saturated heterocycles. The van der Waals surface area contributed by atoms with E-state index < -0.39 is 0 Å². The summed E-state index contributed by atoms with van der Waals surface area (Å²) in [5.41, 5.74) is 0. The first kappa shape index (κ1) is 14.0. The fourth-order valence-corrected chi connectivity index (χ4v) is 2.89. The number of hydrogen-bond donors (Lipinski definition) is 1. The lowest BCUT2D eigenvalue weighted by atomic mass is 9.84. The molecule has 2 nitrogen and oxygen atoms in total. The molecule has 2 heteroatoms. The van der Waals surface area contributed by atoms with E-state index in [0.29, 0.717) is 0 Å². The Morgan fingerprint density at radius 3 is 2.44 bits per heavy atom. The summed E-state index contributed by atoms with van der Waals surface area (Å²) in [6.07, 6.45) is 10.1. The highest BCUT2D eigenvalue weighted by Crippen LogP contribution is 2.30. The van der Waals surface area contributed by atoms with E-state index in [-0.39, 0.29) is 0 Å². The van der Waals surface area contributed by atoms with Crippen molar-refractivity contribution in [3.8, 4) is 0 Å². The van der Waals surface area contributed by atoms with Gasteiger partial charge in [0.05, 0.1) is 6.61 Å². The van der Waals surface area contributed by atoms with Crippen LogP contribution in [0.15, 0.2) is 0 Å². The van der Waals surface area contributed by atoms with Crippen LogP contribution in [-0.2, 0) is 4.74 Å². The quantitative estimate of drug-likeness (QED) is 0.532. The molecule has 96 valence electrons. The van der Waals surface area contributed by atoms with Crippen LogP contribution in [0.4, 0.5) is 0 Å². The fraction of sp³-hybridized carbons (Fsp3) is 1.00. The Kier molecular flexibility index (Phi) is 7.87. The summed E-state index contributed by atoms with van der Waals surface area (Å²) in [6, 6.07) is 0. The zero-order chi connectivity index (χ0) is 11.6. The van der Waals surface area contributed by atoms with Crippen molar-refractivity contribution in [2.45, 2.75) is 51.9 Å². The highest BCUT2D eigenvalue weighted by molar-refractivity contribution is 4.74. The van der Waals surface area contributed by atoms with Gasteiger partial charge in [0.1, 0.15) is 0 Å². The average Bonchev–Trinajstić information content (AvgIpc) is 2.58. The van der Waals surface area contributed by atoms with Crippen molar-refractivity contribution in [1.29, 1.82) is 0 Å². The van der Waals surface area contributed by atoms with Crippen LogP contribution in [0, 0.1) is 11.8 Å². The number of methoxy groups -OCH3 is 1. The van der Waals surface area contributed by atoms with E-state index in [4.69, 9.17) is 4.74 Å². The van der Waals surface area contributed by atoms with Gasteiger partial charge in [0.2, 0.25) is 0 Å². The zero-order valence-corrected chi connectivity index (χ0v) is 11.1. The molecular weight excluding hydrogens is 198 g/mol. The first-order valence-corrected chi connectivity index (χ1v) is 7.08. The minimum absolute atomic E-state index is 0.834. The van der Waals surface area contributed by atoms with Crippen LogP contribution < -0.4 is 5.32 Å². The molecule has 0 aromatic heterocycles. The molecule has 1 saturated carbocycles. The summed E-state index contributed by atoms with van der Waals surface area (Å²) in [5, 5.41) is 3.53. The highest BCUT2D eigenvalue weighted by Gasteiger charge is 2.20. The Balaban J connectivity index is 2.22. The molecule has 1 rings (SSSR count). The minimum atomic E-state index is 0.834. The van der Waals surface area contributed by atoms with Gasteiger partial charge in [0, 0.05) is 13.7 Å². The molecule has 1 aliphatic carbocycles. The fourth-order valence-electron chi connectivity index (χ4n) is 2.89. The molecule has 0 amide bonds. The second-order valence-corrected chi connectivity index (χ2v) is 5.12. The molecular formula is C14H29NO. The Bertz CT molecular complexity index is 153. The van der Waals surface area contributed by atoms with E-state index in [1.165, 1.54) is 51.5 Å². The standard InChI is InChI=1S/C14H29NO/c1-3-13(12-15-10-11-16-2)14-8-6-4-5-7-9-14/h13-15H,3-12H2,1-2H3. The van der Waals surface area contributed by atoms with Crippen molar-refractivity contribution in [3.63, 3.8) is 0 Å². The monoisotopic (exact) mass is 227 g/mol. The molecule has 16 heavy (non-hydrogen) atoms. The van der Waals surface area contributed by atoms with Gasteiger partial charge >= 0.3 is 0 Å². The predicted octanol–water partition coefficient (Wildman–Crippen LogP) is 3.22. The van der Waals surface area contributed by atoms with Gasteiger partial charge < -0.3 is 10.1 Å².